The Bertz CT molecular complexity index is 1470. The maximum Gasteiger partial charge on any atom is 0.410 e. The first kappa shape index (κ1) is 33.9. The number of aromatic nitrogens is 2. The van der Waals surface area contributed by atoms with Gasteiger partial charge in [-0.15, -0.1) is 10.2 Å². The molecular weight excluding hydrogens is 592 g/mol. The van der Waals surface area contributed by atoms with Crippen LogP contribution >= 0.6 is 0 Å². The quantitative estimate of drug-likeness (QED) is 0.357. The fraction of sp³-hybridized carbons (Fsp3) is 0.455. The van der Waals surface area contributed by atoms with Crippen molar-refractivity contribution in [3.05, 3.63) is 72.1 Å². The SMILES string of the molecule is CC(C)(C)OC(=O)N1CCC[C@H]1C(=O)NNC(=O)c1ccccc1.CC(C)OC(=O)N1CCC[C@H]1c1nnc(-c2ccccc2)o1. The summed E-state index contributed by atoms with van der Waals surface area (Å²) in [6, 6.07) is 17.3. The van der Waals surface area contributed by atoms with Crippen molar-refractivity contribution in [2.24, 2.45) is 0 Å². The van der Waals surface area contributed by atoms with Crippen molar-refractivity contribution in [1.82, 2.24) is 30.8 Å². The molecule has 1 aromatic heterocycles. The molecule has 246 valence electrons. The van der Waals surface area contributed by atoms with E-state index in [-0.39, 0.29) is 18.2 Å². The molecule has 0 aliphatic carbocycles. The molecule has 4 amide bonds. The number of rotatable bonds is 5. The van der Waals surface area contributed by atoms with Gasteiger partial charge < -0.3 is 13.9 Å². The number of hydrogen-bond donors (Lipinski definition) is 2. The van der Waals surface area contributed by atoms with Gasteiger partial charge in [0.05, 0.1) is 6.10 Å². The summed E-state index contributed by atoms with van der Waals surface area (Å²) in [4.78, 5) is 51.6. The third-order valence-corrected chi connectivity index (χ3v) is 7.09. The van der Waals surface area contributed by atoms with Gasteiger partial charge in [-0.25, -0.2) is 9.59 Å². The van der Waals surface area contributed by atoms with Crippen LogP contribution in [0.1, 0.15) is 82.6 Å². The van der Waals surface area contributed by atoms with Gasteiger partial charge in [-0.05, 0) is 84.6 Å². The van der Waals surface area contributed by atoms with Gasteiger partial charge in [0.15, 0.2) is 0 Å². The monoisotopic (exact) mass is 634 g/mol. The molecule has 3 aromatic rings. The van der Waals surface area contributed by atoms with Gasteiger partial charge in [0.25, 0.3) is 11.8 Å². The smallest absolute Gasteiger partial charge is 0.410 e. The molecule has 2 aromatic carbocycles. The largest absolute Gasteiger partial charge is 0.447 e. The summed E-state index contributed by atoms with van der Waals surface area (Å²) >= 11 is 0. The van der Waals surface area contributed by atoms with Gasteiger partial charge in [0.2, 0.25) is 11.8 Å². The molecule has 0 unspecified atom stereocenters. The normalized spacial score (nSPS) is 17.6. The Kier molecular flexibility index (Phi) is 11.3. The number of carbonyl (C=O) groups is 4. The maximum atomic E-state index is 12.3. The first-order valence-electron chi connectivity index (χ1n) is 15.4. The van der Waals surface area contributed by atoms with Crippen molar-refractivity contribution in [2.75, 3.05) is 13.1 Å². The summed E-state index contributed by atoms with van der Waals surface area (Å²) in [7, 11) is 0. The lowest BCUT2D eigenvalue weighted by Gasteiger charge is -2.28. The second-order valence-electron chi connectivity index (χ2n) is 12.2. The number of benzene rings is 2. The molecule has 3 heterocycles. The zero-order valence-corrected chi connectivity index (χ0v) is 26.9. The first-order valence-corrected chi connectivity index (χ1v) is 15.4. The molecule has 0 radical (unpaired) electrons. The van der Waals surface area contributed by atoms with Crippen LogP contribution < -0.4 is 10.9 Å². The Labute approximate surface area is 268 Å². The second-order valence-corrected chi connectivity index (χ2v) is 12.2. The van der Waals surface area contributed by atoms with Gasteiger partial charge >= 0.3 is 12.2 Å². The van der Waals surface area contributed by atoms with E-state index in [2.05, 4.69) is 21.0 Å². The minimum absolute atomic E-state index is 0.142. The van der Waals surface area contributed by atoms with Crippen molar-refractivity contribution in [3.8, 4) is 11.5 Å². The predicted octanol–water partition coefficient (Wildman–Crippen LogP) is 5.27. The number of likely N-dealkylation sites (tertiary alicyclic amines) is 2. The van der Waals surface area contributed by atoms with Crippen LogP contribution in [0, 0.1) is 0 Å². The number of hydrogen-bond acceptors (Lipinski definition) is 9. The summed E-state index contributed by atoms with van der Waals surface area (Å²) in [5.41, 5.74) is 5.43. The Morgan fingerprint density at radius 3 is 2.13 bits per heavy atom. The lowest BCUT2D eigenvalue weighted by Crippen LogP contribution is -2.52. The molecular formula is C33H42N6O7. The minimum Gasteiger partial charge on any atom is -0.447 e. The van der Waals surface area contributed by atoms with Crippen molar-refractivity contribution in [2.45, 2.75) is 84.1 Å². The number of amides is 4. The molecule has 2 atom stereocenters. The molecule has 2 N–H and O–H groups in total. The third kappa shape index (κ3) is 9.29. The van der Waals surface area contributed by atoms with Crippen LogP contribution in [-0.4, -0.2) is 74.8 Å². The van der Waals surface area contributed by atoms with Crippen LogP contribution in [0.25, 0.3) is 11.5 Å². The van der Waals surface area contributed by atoms with Crippen LogP contribution in [0.4, 0.5) is 9.59 Å². The van der Waals surface area contributed by atoms with Gasteiger partial charge in [0.1, 0.15) is 17.7 Å². The first-order chi connectivity index (χ1) is 21.9. The van der Waals surface area contributed by atoms with E-state index in [1.807, 2.05) is 44.2 Å². The van der Waals surface area contributed by atoms with Crippen molar-refractivity contribution in [1.29, 1.82) is 0 Å². The molecule has 46 heavy (non-hydrogen) atoms. The summed E-state index contributed by atoms with van der Waals surface area (Å²) in [5.74, 6) is 0.102. The fourth-order valence-electron chi connectivity index (χ4n) is 5.02. The average molecular weight is 635 g/mol. The topological polar surface area (TPSA) is 156 Å². The van der Waals surface area contributed by atoms with E-state index in [0.717, 1.165) is 18.4 Å². The molecule has 0 bridgehead atoms. The highest BCUT2D eigenvalue weighted by atomic mass is 16.6. The van der Waals surface area contributed by atoms with Gasteiger partial charge in [-0.2, -0.15) is 0 Å². The molecule has 0 spiro atoms. The van der Waals surface area contributed by atoms with Crippen molar-refractivity contribution >= 4 is 24.0 Å². The van der Waals surface area contributed by atoms with Gasteiger partial charge in [0, 0.05) is 24.2 Å². The summed E-state index contributed by atoms with van der Waals surface area (Å²) < 4.78 is 16.4. The van der Waals surface area contributed by atoms with Crippen LogP contribution in [0.2, 0.25) is 0 Å². The molecule has 13 heteroatoms. The third-order valence-electron chi connectivity index (χ3n) is 7.09. The van der Waals surface area contributed by atoms with Gasteiger partial charge in [-0.1, -0.05) is 36.4 Å². The van der Waals surface area contributed by atoms with Crippen molar-refractivity contribution < 1.29 is 33.1 Å². The Hall–Kier alpha value is -4.94. The second kappa shape index (κ2) is 15.4. The lowest BCUT2D eigenvalue weighted by atomic mass is 10.2. The van der Waals surface area contributed by atoms with Gasteiger partial charge in [-0.3, -0.25) is 30.2 Å². The van der Waals surface area contributed by atoms with E-state index < -0.39 is 29.6 Å². The average Bonchev–Trinajstić information content (AvgIpc) is 3.81. The standard InChI is InChI=1S/C17H23N3O4.C16H19N3O3/c1-17(2,3)24-16(23)20-11-7-10-13(20)15(22)19-18-14(21)12-8-5-4-6-9-12;1-11(2)21-16(20)19-10-6-9-13(19)15-18-17-14(22-15)12-7-4-3-5-8-12/h4-6,8-9,13H,7,10-11H2,1-3H3,(H,18,21)(H,19,22);3-5,7-8,11,13H,6,9-10H2,1-2H3/t2*13-/m00/s1. The van der Waals surface area contributed by atoms with Crippen LogP contribution in [0.5, 0.6) is 0 Å². The summed E-state index contributed by atoms with van der Waals surface area (Å²) in [6.45, 7) is 10.1. The maximum absolute atomic E-state index is 12.3. The van der Waals surface area contributed by atoms with E-state index in [0.29, 0.717) is 43.3 Å². The summed E-state index contributed by atoms with van der Waals surface area (Å²) in [5, 5.41) is 8.21. The lowest BCUT2D eigenvalue weighted by molar-refractivity contribution is -0.126. The van der Waals surface area contributed by atoms with E-state index >= 15 is 0 Å². The van der Waals surface area contributed by atoms with Crippen LogP contribution in [0.3, 0.4) is 0 Å². The van der Waals surface area contributed by atoms with Crippen molar-refractivity contribution in [3.63, 3.8) is 0 Å². The Morgan fingerprint density at radius 2 is 1.48 bits per heavy atom. The molecule has 0 saturated carbocycles. The van der Waals surface area contributed by atoms with E-state index in [4.69, 9.17) is 13.9 Å². The highest BCUT2D eigenvalue weighted by Crippen LogP contribution is 2.33. The van der Waals surface area contributed by atoms with Crippen LogP contribution in [0.15, 0.2) is 65.1 Å². The number of carbonyl (C=O) groups excluding carboxylic acids is 4. The zero-order chi connectivity index (χ0) is 33.3. The minimum atomic E-state index is -0.643. The highest BCUT2D eigenvalue weighted by Gasteiger charge is 2.37. The number of ether oxygens (including phenoxy) is 2. The molecule has 5 rings (SSSR count). The fourth-order valence-corrected chi connectivity index (χ4v) is 5.02. The highest BCUT2D eigenvalue weighted by molar-refractivity contribution is 5.96. The molecule has 13 nitrogen and oxygen atoms in total. The Balaban J connectivity index is 0.000000209. The number of hydrazine groups is 1. The number of nitrogens with zero attached hydrogens (tertiary/aromatic N) is 4. The predicted molar refractivity (Wildman–Crippen MR) is 168 cm³/mol. The Morgan fingerprint density at radius 1 is 0.848 bits per heavy atom. The molecule has 2 aliphatic heterocycles. The van der Waals surface area contributed by atoms with E-state index in [9.17, 15) is 19.2 Å². The molecule has 2 saturated heterocycles. The molecule has 2 fully saturated rings. The number of nitrogens with one attached hydrogen (secondary N) is 2. The van der Waals surface area contributed by atoms with Crippen LogP contribution in [-0.2, 0) is 14.3 Å². The zero-order valence-electron chi connectivity index (χ0n) is 26.9. The van der Waals surface area contributed by atoms with E-state index in [1.54, 1.807) is 56.0 Å². The summed E-state index contributed by atoms with van der Waals surface area (Å²) in [6.07, 6.45) is 1.98. The van der Waals surface area contributed by atoms with E-state index in [1.165, 1.54) is 4.90 Å². The molecule has 2 aliphatic rings.